The van der Waals surface area contributed by atoms with Crippen LogP contribution >= 0.6 is 0 Å². The van der Waals surface area contributed by atoms with Gasteiger partial charge in [-0.15, -0.1) is 0 Å². The molecule has 0 heterocycles. The van der Waals surface area contributed by atoms with Gasteiger partial charge in [0, 0.05) is 6.07 Å². The summed E-state index contributed by atoms with van der Waals surface area (Å²) in [6.45, 7) is 5.29. The first-order valence-electron chi connectivity index (χ1n) is 6.17. The van der Waals surface area contributed by atoms with E-state index in [1.54, 1.807) is 26.0 Å². The molecular formula is C15H14F2O3S. The molecule has 0 fully saturated rings. The molecule has 0 N–H and O–H groups in total. The summed E-state index contributed by atoms with van der Waals surface area (Å²) in [7, 11) is -4.30. The second kappa shape index (κ2) is 5.44. The fraction of sp³-hybridized carbons (Fsp3) is 0.200. The first-order valence-corrected chi connectivity index (χ1v) is 7.58. The van der Waals surface area contributed by atoms with Crippen LogP contribution in [0.1, 0.15) is 16.7 Å². The molecule has 0 aliphatic rings. The highest BCUT2D eigenvalue weighted by Gasteiger charge is 2.21. The Labute approximate surface area is 122 Å². The van der Waals surface area contributed by atoms with Crippen LogP contribution in [0, 0.1) is 32.4 Å². The van der Waals surface area contributed by atoms with E-state index in [0.717, 1.165) is 17.7 Å². The molecule has 2 aromatic carbocycles. The lowest BCUT2D eigenvalue weighted by molar-refractivity contribution is 0.479. The van der Waals surface area contributed by atoms with Crippen LogP contribution in [0.15, 0.2) is 35.2 Å². The van der Waals surface area contributed by atoms with Gasteiger partial charge in [-0.05, 0) is 44.0 Å². The van der Waals surface area contributed by atoms with Crippen LogP contribution in [-0.4, -0.2) is 8.42 Å². The van der Waals surface area contributed by atoms with Gasteiger partial charge in [0.1, 0.15) is 22.3 Å². The summed E-state index contributed by atoms with van der Waals surface area (Å²) in [5, 5.41) is 0. The predicted octanol–water partition coefficient (Wildman–Crippen LogP) is 3.66. The Morgan fingerprint density at radius 2 is 1.33 bits per heavy atom. The molecule has 0 bridgehead atoms. The second-order valence-electron chi connectivity index (χ2n) is 4.87. The minimum absolute atomic E-state index is 0.172. The van der Waals surface area contributed by atoms with Crippen molar-refractivity contribution in [2.45, 2.75) is 25.7 Å². The average Bonchev–Trinajstić information content (AvgIpc) is 2.32. The highest BCUT2D eigenvalue weighted by Crippen LogP contribution is 2.28. The van der Waals surface area contributed by atoms with Crippen LogP contribution in [0.25, 0.3) is 0 Å². The van der Waals surface area contributed by atoms with E-state index in [-0.39, 0.29) is 5.75 Å². The number of aryl methyl sites for hydroxylation is 3. The lowest BCUT2D eigenvalue weighted by Gasteiger charge is -2.13. The average molecular weight is 312 g/mol. The summed E-state index contributed by atoms with van der Waals surface area (Å²) in [6.07, 6.45) is 0. The Hall–Kier alpha value is -1.95. The van der Waals surface area contributed by atoms with Gasteiger partial charge < -0.3 is 4.18 Å². The summed E-state index contributed by atoms with van der Waals surface area (Å²) < 4.78 is 55.6. The van der Waals surface area contributed by atoms with Gasteiger partial charge in [0.05, 0.1) is 0 Å². The number of hydrogen-bond donors (Lipinski definition) is 0. The Bertz CT molecular complexity index is 755. The third-order valence-corrected chi connectivity index (χ3v) is 4.12. The first kappa shape index (κ1) is 15.4. The van der Waals surface area contributed by atoms with Crippen LogP contribution in [-0.2, 0) is 10.1 Å². The fourth-order valence-corrected chi connectivity index (χ4v) is 3.22. The monoisotopic (exact) mass is 312 g/mol. The molecule has 0 aliphatic heterocycles. The summed E-state index contributed by atoms with van der Waals surface area (Å²) in [4.78, 5) is -0.556. The van der Waals surface area contributed by atoms with Gasteiger partial charge in [0.15, 0.2) is 0 Å². The van der Waals surface area contributed by atoms with Crippen LogP contribution in [0.3, 0.4) is 0 Å². The van der Waals surface area contributed by atoms with Crippen molar-refractivity contribution in [1.29, 1.82) is 0 Å². The zero-order valence-electron chi connectivity index (χ0n) is 11.8. The largest absolute Gasteiger partial charge is 0.378 e. The van der Waals surface area contributed by atoms with Crippen molar-refractivity contribution in [1.82, 2.24) is 0 Å². The predicted molar refractivity (Wildman–Crippen MR) is 74.8 cm³/mol. The van der Waals surface area contributed by atoms with E-state index in [4.69, 9.17) is 4.18 Å². The molecule has 0 radical (unpaired) electrons. The fourth-order valence-electron chi connectivity index (χ4n) is 2.13. The van der Waals surface area contributed by atoms with Gasteiger partial charge in [-0.2, -0.15) is 8.42 Å². The number of halogens is 2. The normalized spacial score (nSPS) is 11.5. The van der Waals surface area contributed by atoms with E-state index in [9.17, 15) is 17.2 Å². The first-order chi connectivity index (χ1) is 9.69. The van der Waals surface area contributed by atoms with Crippen molar-refractivity contribution in [3.8, 4) is 5.75 Å². The van der Waals surface area contributed by atoms with Gasteiger partial charge in [-0.1, -0.05) is 17.7 Å². The van der Waals surface area contributed by atoms with E-state index < -0.39 is 26.6 Å². The quantitative estimate of drug-likeness (QED) is 0.812. The van der Waals surface area contributed by atoms with Crippen molar-refractivity contribution in [3.63, 3.8) is 0 Å². The smallest absolute Gasteiger partial charge is 0.339 e. The molecular weight excluding hydrogens is 298 g/mol. The lowest BCUT2D eigenvalue weighted by atomic mass is 10.1. The maximum absolute atomic E-state index is 13.1. The zero-order valence-corrected chi connectivity index (χ0v) is 12.6. The van der Waals surface area contributed by atoms with Crippen molar-refractivity contribution >= 4 is 10.1 Å². The highest BCUT2D eigenvalue weighted by molar-refractivity contribution is 7.87. The van der Waals surface area contributed by atoms with Crippen molar-refractivity contribution in [2.75, 3.05) is 0 Å². The molecule has 0 spiro atoms. The molecule has 112 valence electrons. The second-order valence-corrected chi connectivity index (χ2v) is 6.42. The third kappa shape index (κ3) is 3.39. The van der Waals surface area contributed by atoms with E-state index in [1.165, 1.54) is 0 Å². The Morgan fingerprint density at radius 3 is 1.81 bits per heavy atom. The molecule has 0 unspecified atom stereocenters. The highest BCUT2D eigenvalue weighted by atomic mass is 32.2. The summed E-state index contributed by atoms with van der Waals surface area (Å²) in [5.74, 6) is -1.78. The zero-order chi connectivity index (χ0) is 15.8. The molecule has 2 rings (SSSR count). The van der Waals surface area contributed by atoms with Gasteiger partial charge in [-0.25, -0.2) is 8.78 Å². The van der Waals surface area contributed by atoms with Crippen LogP contribution in [0.5, 0.6) is 5.75 Å². The molecule has 0 saturated carbocycles. The van der Waals surface area contributed by atoms with Crippen molar-refractivity contribution < 1.29 is 21.4 Å². The molecule has 0 saturated heterocycles. The number of hydrogen-bond acceptors (Lipinski definition) is 3. The molecule has 0 amide bonds. The molecule has 0 atom stereocenters. The molecule has 0 aliphatic carbocycles. The van der Waals surface area contributed by atoms with Crippen LogP contribution in [0.4, 0.5) is 8.78 Å². The molecule has 2 aromatic rings. The van der Waals surface area contributed by atoms with Gasteiger partial charge >= 0.3 is 10.1 Å². The molecule has 0 aromatic heterocycles. The summed E-state index contributed by atoms with van der Waals surface area (Å²) in [5.41, 5.74) is 2.23. The lowest BCUT2D eigenvalue weighted by Crippen LogP contribution is -2.12. The topological polar surface area (TPSA) is 43.4 Å². The van der Waals surface area contributed by atoms with Crippen molar-refractivity contribution in [3.05, 3.63) is 58.7 Å². The van der Waals surface area contributed by atoms with Crippen LogP contribution < -0.4 is 4.18 Å². The molecule has 21 heavy (non-hydrogen) atoms. The van der Waals surface area contributed by atoms with E-state index in [1.807, 2.05) is 6.92 Å². The van der Waals surface area contributed by atoms with Gasteiger partial charge in [0.2, 0.25) is 0 Å². The van der Waals surface area contributed by atoms with E-state index in [0.29, 0.717) is 17.2 Å². The Kier molecular flexibility index (Phi) is 4.00. The molecule has 3 nitrogen and oxygen atoms in total. The van der Waals surface area contributed by atoms with Crippen molar-refractivity contribution in [2.24, 2.45) is 0 Å². The maximum Gasteiger partial charge on any atom is 0.339 e. The van der Waals surface area contributed by atoms with Gasteiger partial charge in [-0.3, -0.25) is 0 Å². The number of rotatable bonds is 3. The standard InChI is InChI=1S/C15H14F2O3S/c1-9-4-10(2)15(11(3)5-9)20-21(18,19)14-7-12(16)6-13(17)8-14/h4-8H,1-3H3. The Morgan fingerprint density at radius 1 is 0.857 bits per heavy atom. The summed E-state index contributed by atoms with van der Waals surface area (Å²) >= 11 is 0. The SMILES string of the molecule is Cc1cc(C)c(OS(=O)(=O)c2cc(F)cc(F)c2)c(C)c1. The minimum atomic E-state index is -4.30. The molecule has 6 heteroatoms. The van der Waals surface area contributed by atoms with Crippen LogP contribution in [0.2, 0.25) is 0 Å². The minimum Gasteiger partial charge on any atom is -0.378 e. The number of benzene rings is 2. The maximum atomic E-state index is 13.1. The van der Waals surface area contributed by atoms with E-state index >= 15 is 0 Å². The third-order valence-electron chi connectivity index (χ3n) is 2.92. The van der Waals surface area contributed by atoms with E-state index in [2.05, 4.69) is 0 Å². The summed E-state index contributed by atoms with van der Waals surface area (Å²) in [6, 6.07) is 5.57. The van der Waals surface area contributed by atoms with Gasteiger partial charge in [0.25, 0.3) is 0 Å². The Balaban J connectivity index is 2.47.